The molecule has 1 fully saturated rings. The van der Waals surface area contributed by atoms with E-state index >= 15 is 0 Å². The molecule has 0 bridgehead atoms. The van der Waals surface area contributed by atoms with Crippen LogP contribution in [0.1, 0.15) is 40.5 Å². The monoisotopic (exact) mass is 140 g/mol. The third-order valence-electron chi connectivity index (χ3n) is 3.43. The van der Waals surface area contributed by atoms with E-state index in [0.29, 0.717) is 0 Å². The molecule has 10 heavy (non-hydrogen) atoms. The van der Waals surface area contributed by atoms with Gasteiger partial charge in [-0.3, -0.25) is 0 Å². The lowest BCUT2D eigenvalue weighted by molar-refractivity contribution is 0.157. The summed E-state index contributed by atoms with van der Waals surface area (Å²) >= 11 is 0. The zero-order chi connectivity index (χ0) is 7.72. The second-order valence-electron chi connectivity index (χ2n) is 4.38. The summed E-state index contributed by atoms with van der Waals surface area (Å²) in [6, 6.07) is 0. The van der Waals surface area contributed by atoms with E-state index in [1.54, 1.807) is 0 Å². The Hall–Kier alpha value is 0. The number of hydrogen-bond donors (Lipinski definition) is 0. The van der Waals surface area contributed by atoms with Crippen LogP contribution in [-0.4, -0.2) is 0 Å². The highest BCUT2D eigenvalue weighted by molar-refractivity contribution is 4.77. The molecule has 0 saturated heterocycles. The minimum atomic E-state index is 0.964. The van der Waals surface area contributed by atoms with E-state index in [-0.39, 0.29) is 0 Å². The van der Waals surface area contributed by atoms with Gasteiger partial charge in [0.2, 0.25) is 0 Å². The minimum absolute atomic E-state index is 0.964. The van der Waals surface area contributed by atoms with Crippen LogP contribution in [0, 0.1) is 23.7 Å². The van der Waals surface area contributed by atoms with Gasteiger partial charge in [0, 0.05) is 0 Å². The van der Waals surface area contributed by atoms with Crippen molar-refractivity contribution >= 4 is 0 Å². The molecule has 0 nitrogen and oxygen atoms in total. The van der Waals surface area contributed by atoms with Crippen molar-refractivity contribution in [3.8, 4) is 0 Å². The molecule has 0 unspecified atom stereocenters. The van der Waals surface area contributed by atoms with Gasteiger partial charge in [-0.05, 0) is 36.5 Å². The summed E-state index contributed by atoms with van der Waals surface area (Å²) < 4.78 is 0. The predicted octanol–water partition coefficient (Wildman–Crippen LogP) is 3.32. The second kappa shape index (κ2) is 2.94. The SMILES string of the molecule is C[C@@H]1C[C@H](C)[C@@H](C)C[C@H]1C. The highest BCUT2D eigenvalue weighted by atomic mass is 14.3. The van der Waals surface area contributed by atoms with Gasteiger partial charge in [0.15, 0.2) is 0 Å². The van der Waals surface area contributed by atoms with Crippen LogP contribution in [0.25, 0.3) is 0 Å². The van der Waals surface area contributed by atoms with Gasteiger partial charge in [-0.2, -0.15) is 0 Å². The Labute approximate surface area is 65.0 Å². The highest BCUT2D eigenvalue weighted by Gasteiger charge is 2.26. The molecule has 0 aromatic heterocycles. The molecular weight excluding hydrogens is 120 g/mol. The van der Waals surface area contributed by atoms with Crippen LogP contribution < -0.4 is 0 Å². The van der Waals surface area contributed by atoms with E-state index in [0.717, 1.165) is 23.7 Å². The van der Waals surface area contributed by atoms with E-state index in [2.05, 4.69) is 27.7 Å². The lowest BCUT2D eigenvalue weighted by Crippen LogP contribution is -2.25. The summed E-state index contributed by atoms with van der Waals surface area (Å²) in [6.45, 7) is 9.58. The molecular formula is C10H20. The standard InChI is InChI=1S/C10H20/c1-7-5-9(3)10(4)6-8(7)2/h7-10H,5-6H2,1-4H3/t7-,8-,9+,10+. The normalized spacial score (nSPS) is 49.2. The molecule has 4 atom stereocenters. The minimum Gasteiger partial charge on any atom is -0.0622 e. The van der Waals surface area contributed by atoms with E-state index in [1.807, 2.05) is 0 Å². The van der Waals surface area contributed by atoms with Gasteiger partial charge < -0.3 is 0 Å². The number of hydrogen-bond acceptors (Lipinski definition) is 0. The first kappa shape index (κ1) is 8.10. The van der Waals surface area contributed by atoms with Crippen molar-refractivity contribution in [1.29, 1.82) is 0 Å². The van der Waals surface area contributed by atoms with Crippen molar-refractivity contribution in [2.24, 2.45) is 23.7 Å². The summed E-state index contributed by atoms with van der Waals surface area (Å²) in [7, 11) is 0. The van der Waals surface area contributed by atoms with Crippen molar-refractivity contribution < 1.29 is 0 Å². The molecule has 1 aliphatic rings. The fourth-order valence-corrected chi connectivity index (χ4v) is 2.10. The summed E-state index contributed by atoms with van der Waals surface area (Å²) in [5.74, 6) is 3.86. The molecule has 0 heterocycles. The number of rotatable bonds is 0. The Bertz CT molecular complexity index is 80.6. The zero-order valence-electron chi connectivity index (χ0n) is 7.72. The Kier molecular flexibility index (Phi) is 2.38. The summed E-state index contributed by atoms with van der Waals surface area (Å²) in [5, 5.41) is 0. The lowest BCUT2D eigenvalue weighted by Gasteiger charge is -2.35. The summed E-state index contributed by atoms with van der Waals surface area (Å²) in [6.07, 6.45) is 2.89. The van der Waals surface area contributed by atoms with Gasteiger partial charge in [0.1, 0.15) is 0 Å². The first-order chi connectivity index (χ1) is 4.61. The van der Waals surface area contributed by atoms with Gasteiger partial charge in [0.25, 0.3) is 0 Å². The highest BCUT2D eigenvalue weighted by Crippen LogP contribution is 2.36. The average Bonchev–Trinajstić information content (AvgIpc) is 1.84. The van der Waals surface area contributed by atoms with Crippen molar-refractivity contribution in [3.05, 3.63) is 0 Å². The first-order valence-electron chi connectivity index (χ1n) is 4.61. The van der Waals surface area contributed by atoms with Crippen LogP contribution in [0.15, 0.2) is 0 Å². The van der Waals surface area contributed by atoms with E-state index in [9.17, 15) is 0 Å². The molecule has 0 amide bonds. The summed E-state index contributed by atoms with van der Waals surface area (Å²) in [4.78, 5) is 0. The average molecular weight is 140 g/mol. The fraction of sp³-hybridized carbons (Fsp3) is 1.00. The first-order valence-corrected chi connectivity index (χ1v) is 4.61. The van der Waals surface area contributed by atoms with Gasteiger partial charge >= 0.3 is 0 Å². The second-order valence-corrected chi connectivity index (χ2v) is 4.38. The molecule has 0 radical (unpaired) electrons. The summed E-state index contributed by atoms with van der Waals surface area (Å²) in [5.41, 5.74) is 0. The Balaban J connectivity index is 2.46. The molecule has 1 saturated carbocycles. The van der Waals surface area contributed by atoms with Crippen LogP contribution in [-0.2, 0) is 0 Å². The molecule has 60 valence electrons. The zero-order valence-corrected chi connectivity index (χ0v) is 7.72. The van der Waals surface area contributed by atoms with Crippen LogP contribution in [0.3, 0.4) is 0 Å². The molecule has 0 aliphatic heterocycles. The van der Waals surface area contributed by atoms with Crippen LogP contribution in [0.2, 0.25) is 0 Å². The van der Waals surface area contributed by atoms with Crippen molar-refractivity contribution in [3.63, 3.8) is 0 Å². The largest absolute Gasteiger partial charge is 0.0622 e. The predicted molar refractivity (Wildman–Crippen MR) is 45.9 cm³/mol. The lowest BCUT2D eigenvalue weighted by atomic mass is 9.71. The topological polar surface area (TPSA) is 0 Å². The van der Waals surface area contributed by atoms with Gasteiger partial charge in [-0.15, -0.1) is 0 Å². The van der Waals surface area contributed by atoms with Crippen molar-refractivity contribution in [1.82, 2.24) is 0 Å². The molecule has 0 spiro atoms. The Morgan fingerprint density at radius 2 is 0.800 bits per heavy atom. The van der Waals surface area contributed by atoms with Gasteiger partial charge in [-0.25, -0.2) is 0 Å². The molecule has 0 aromatic rings. The van der Waals surface area contributed by atoms with Gasteiger partial charge in [-0.1, -0.05) is 27.7 Å². The quantitative estimate of drug-likeness (QED) is 0.484. The molecule has 0 N–H and O–H groups in total. The molecule has 1 aliphatic carbocycles. The molecule has 0 aromatic carbocycles. The van der Waals surface area contributed by atoms with Crippen LogP contribution in [0.5, 0.6) is 0 Å². The van der Waals surface area contributed by atoms with E-state index in [4.69, 9.17) is 0 Å². The van der Waals surface area contributed by atoms with Crippen molar-refractivity contribution in [2.45, 2.75) is 40.5 Å². The van der Waals surface area contributed by atoms with E-state index < -0.39 is 0 Å². The Morgan fingerprint density at radius 1 is 0.600 bits per heavy atom. The Morgan fingerprint density at radius 3 is 1.00 bits per heavy atom. The smallest absolute Gasteiger partial charge is 0.0414 e. The van der Waals surface area contributed by atoms with Crippen molar-refractivity contribution in [2.75, 3.05) is 0 Å². The maximum atomic E-state index is 2.40. The fourth-order valence-electron chi connectivity index (χ4n) is 2.10. The molecule has 0 heteroatoms. The van der Waals surface area contributed by atoms with Gasteiger partial charge in [0.05, 0.1) is 0 Å². The maximum Gasteiger partial charge on any atom is -0.0414 e. The van der Waals surface area contributed by atoms with Crippen LogP contribution in [0.4, 0.5) is 0 Å². The third-order valence-corrected chi connectivity index (χ3v) is 3.43. The van der Waals surface area contributed by atoms with Crippen LogP contribution >= 0.6 is 0 Å². The molecule has 1 rings (SSSR count). The third kappa shape index (κ3) is 1.53. The maximum absolute atomic E-state index is 2.40. The van der Waals surface area contributed by atoms with E-state index in [1.165, 1.54) is 12.8 Å².